The Balaban J connectivity index is 1.26. The van der Waals surface area contributed by atoms with E-state index in [4.69, 9.17) is 4.74 Å². The van der Waals surface area contributed by atoms with Crippen LogP contribution in [0.1, 0.15) is 64.4 Å². The van der Waals surface area contributed by atoms with Crippen molar-refractivity contribution in [1.29, 1.82) is 0 Å². The highest BCUT2D eigenvalue weighted by molar-refractivity contribution is 5.89. The number of halogens is 3. The van der Waals surface area contributed by atoms with E-state index in [9.17, 15) is 28.2 Å². The van der Waals surface area contributed by atoms with E-state index in [1.165, 1.54) is 35.4 Å². The number of methoxy groups -OCH3 is 1. The normalized spacial score (nSPS) is 31.9. The van der Waals surface area contributed by atoms with Gasteiger partial charge in [-0.05, 0) is 104 Å². The fraction of sp³-hybridized carbons (Fsp3) is 0.528. The molecule has 0 heterocycles. The number of alkyl halides is 3. The van der Waals surface area contributed by atoms with Crippen molar-refractivity contribution in [3.8, 4) is 11.5 Å². The van der Waals surface area contributed by atoms with Gasteiger partial charge in [-0.1, -0.05) is 49.3 Å². The number of aliphatic hydroxyl groups excluding tert-OH is 1. The molecule has 3 fully saturated rings. The van der Waals surface area contributed by atoms with Crippen LogP contribution in [0.4, 0.5) is 23.7 Å². The number of anilines is 1. The maximum atomic E-state index is 13.8. The van der Waals surface area contributed by atoms with Crippen LogP contribution in [-0.4, -0.2) is 52.9 Å². The van der Waals surface area contributed by atoms with Gasteiger partial charge < -0.3 is 29.9 Å². The number of ether oxygens (including phenoxy) is 2. The summed E-state index contributed by atoms with van der Waals surface area (Å²) in [7, 11) is 1.56. The van der Waals surface area contributed by atoms with Gasteiger partial charge in [-0.3, -0.25) is 0 Å². The average Bonchev–Trinajstić information content (AvgIpc) is 3.27. The van der Waals surface area contributed by atoms with Gasteiger partial charge in [0, 0.05) is 17.6 Å². The van der Waals surface area contributed by atoms with Crippen LogP contribution >= 0.6 is 0 Å². The van der Waals surface area contributed by atoms with Crippen molar-refractivity contribution >= 4 is 11.7 Å². The van der Waals surface area contributed by atoms with E-state index in [1.807, 2.05) is 0 Å². The molecule has 10 heteroatoms. The van der Waals surface area contributed by atoms with E-state index in [0.29, 0.717) is 35.8 Å². The largest absolute Gasteiger partial charge is 0.573 e. The van der Waals surface area contributed by atoms with E-state index in [0.717, 1.165) is 32.1 Å². The van der Waals surface area contributed by atoms with E-state index in [2.05, 4.69) is 36.1 Å². The highest BCUT2D eigenvalue weighted by Gasteiger charge is 2.62. The minimum Gasteiger partial charge on any atom is -0.497 e. The second-order valence-electron chi connectivity index (χ2n) is 14.0. The lowest BCUT2D eigenvalue weighted by Gasteiger charge is -2.56. The molecule has 46 heavy (non-hydrogen) atoms. The number of nitrogens with one attached hydrogen (secondary N) is 1. The van der Waals surface area contributed by atoms with Crippen molar-refractivity contribution in [2.24, 2.45) is 22.7 Å². The second kappa shape index (κ2) is 11.9. The minimum atomic E-state index is -4.80. The van der Waals surface area contributed by atoms with Crippen molar-refractivity contribution in [3.05, 3.63) is 77.4 Å². The van der Waals surface area contributed by atoms with Crippen molar-refractivity contribution < 1.29 is 37.7 Å². The van der Waals surface area contributed by atoms with Crippen LogP contribution in [0.15, 0.2) is 71.8 Å². The molecule has 3 saturated carbocycles. The molecule has 0 unspecified atom stereocenters. The van der Waals surface area contributed by atoms with Crippen LogP contribution in [0.2, 0.25) is 0 Å². The molecule has 2 amide bonds. The fourth-order valence-electron chi connectivity index (χ4n) is 8.76. The van der Waals surface area contributed by atoms with Gasteiger partial charge in [0.1, 0.15) is 11.5 Å². The number of amides is 2. The number of carbonyl (C=O) groups excluding carboxylic acids is 1. The summed E-state index contributed by atoms with van der Waals surface area (Å²) in [6, 6.07) is 12.0. The molecule has 0 spiro atoms. The SMILES string of the molecule is COc1ccc(NC(=O)N(Cc2ccc(OC(F)(F)F)cc2)C[C@]2(O)CC[C@H]3C4=CC=C5C[C@@H](O)CC[C@]5(C)[C@H]4CC[C@@]32C)cc1. The number of rotatable bonds is 7. The van der Waals surface area contributed by atoms with Gasteiger partial charge in [0.05, 0.1) is 25.4 Å². The molecule has 0 radical (unpaired) electrons. The fourth-order valence-corrected chi connectivity index (χ4v) is 8.76. The van der Waals surface area contributed by atoms with Crippen LogP contribution in [0.3, 0.4) is 0 Å². The van der Waals surface area contributed by atoms with Crippen LogP contribution < -0.4 is 14.8 Å². The lowest BCUT2D eigenvalue weighted by molar-refractivity contribution is -0.274. The molecule has 0 saturated heterocycles. The summed E-state index contributed by atoms with van der Waals surface area (Å²) in [4.78, 5) is 15.4. The topological polar surface area (TPSA) is 91.3 Å². The zero-order valence-corrected chi connectivity index (χ0v) is 26.6. The van der Waals surface area contributed by atoms with E-state index >= 15 is 0 Å². The third kappa shape index (κ3) is 6.01. The van der Waals surface area contributed by atoms with E-state index < -0.39 is 23.4 Å². The Kier molecular flexibility index (Phi) is 8.42. The molecule has 0 aromatic heterocycles. The zero-order valence-electron chi connectivity index (χ0n) is 26.6. The molecule has 7 nitrogen and oxygen atoms in total. The van der Waals surface area contributed by atoms with E-state index in [1.54, 1.807) is 36.3 Å². The number of urea groups is 1. The molecule has 0 bridgehead atoms. The summed E-state index contributed by atoms with van der Waals surface area (Å²) in [6.45, 7) is 4.62. The van der Waals surface area contributed by atoms with Crippen molar-refractivity contribution in [1.82, 2.24) is 4.90 Å². The van der Waals surface area contributed by atoms with E-state index in [-0.39, 0.29) is 36.3 Å². The molecule has 0 aliphatic heterocycles. The molecule has 4 aliphatic rings. The first-order chi connectivity index (χ1) is 21.7. The number of hydrogen-bond donors (Lipinski definition) is 3. The first-order valence-electron chi connectivity index (χ1n) is 16.1. The third-order valence-electron chi connectivity index (χ3n) is 11.5. The van der Waals surface area contributed by atoms with Crippen LogP contribution in [-0.2, 0) is 6.54 Å². The monoisotopic (exact) mass is 640 g/mol. The van der Waals surface area contributed by atoms with Crippen LogP contribution in [0, 0.1) is 22.7 Å². The Bertz CT molecular complexity index is 1510. The smallest absolute Gasteiger partial charge is 0.497 e. The second-order valence-corrected chi connectivity index (χ2v) is 14.0. The maximum absolute atomic E-state index is 13.8. The number of benzene rings is 2. The van der Waals surface area contributed by atoms with Gasteiger partial charge in [0.2, 0.25) is 0 Å². The summed E-state index contributed by atoms with van der Waals surface area (Å²) in [5, 5.41) is 25.8. The molecular weight excluding hydrogens is 597 g/mol. The lowest BCUT2D eigenvalue weighted by atomic mass is 9.50. The summed E-state index contributed by atoms with van der Waals surface area (Å²) in [5.74, 6) is 0.824. The molecule has 248 valence electrons. The Labute approximate surface area is 268 Å². The predicted octanol–water partition coefficient (Wildman–Crippen LogP) is 7.60. The molecule has 2 aromatic rings. The van der Waals surface area contributed by atoms with Gasteiger partial charge in [-0.25, -0.2) is 4.79 Å². The van der Waals surface area contributed by atoms with Gasteiger partial charge in [-0.15, -0.1) is 13.2 Å². The van der Waals surface area contributed by atoms with Crippen LogP contribution in [0.25, 0.3) is 0 Å². The summed E-state index contributed by atoms with van der Waals surface area (Å²) in [5.41, 5.74) is 2.20. The molecule has 3 N–H and O–H groups in total. The number of nitrogens with zero attached hydrogens (tertiary/aromatic N) is 1. The van der Waals surface area contributed by atoms with Crippen LogP contribution in [0.5, 0.6) is 11.5 Å². The molecule has 2 aromatic carbocycles. The molecule has 6 atom stereocenters. The quantitative estimate of drug-likeness (QED) is 0.290. The van der Waals surface area contributed by atoms with Gasteiger partial charge >= 0.3 is 12.4 Å². The summed E-state index contributed by atoms with van der Waals surface area (Å²) < 4.78 is 47.5. The van der Waals surface area contributed by atoms with Crippen molar-refractivity contribution in [2.45, 2.75) is 83.4 Å². The highest BCUT2D eigenvalue weighted by Crippen LogP contribution is 2.66. The van der Waals surface area contributed by atoms with Crippen molar-refractivity contribution in [3.63, 3.8) is 0 Å². The Hall–Kier alpha value is -3.50. The highest BCUT2D eigenvalue weighted by atomic mass is 19.4. The number of allylic oxidation sites excluding steroid dienone is 3. The summed E-state index contributed by atoms with van der Waals surface area (Å²) in [6.07, 6.45) is 4.86. The first-order valence-corrected chi connectivity index (χ1v) is 16.1. The maximum Gasteiger partial charge on any atom is 0.573 e. The Morgan fingerprint density at radius 2 is 1.63 bits per heavy atom. The number of fused-ring (bicyclic) bond motifs is 5. The first kappa shape index (κ1) is 32.4. The van der Waals surface area contributed by atoms with Gasteiger partial charge in [0.15, 0.2) is 0 Å². The third-order valence-corrected chi connectivity index (χ3v) is 11.5. The molecular formula is C36H43F3N2O5. The Morgan fingerprint density at radius 3 is 2.30 bits per heavy atom. The predicted molar refractivity (Wildman–Crippen MR) is 168 cm³/mol. The lowest BCUT2D eigenvalue weighted by Crippen LogP contribution is -2.57. The number of carbonyl (C=O) groups is 1. The number of hydrogen-bond acceptors (Lipinski definition) is 5. The minimum absolute atomic E-state index is 0.0115. The zero-order chi connectivity index (χ0) is 32.9. The van der Waals surface area contributed by atoms with Crippen molar-refractivity contribution in [2.75, 3.05) is 19.0 Å². The molecule has 6 rings (SSSR count). The summed E-state index contributed by atoms with van der Waals surface area (Å²) >= 11 is 0. The number of aliphatic hydroxyl groups is 2. The van der Waals surface area contributed by atoms with Gasteiger partial charge in [-0.2, -0.15) is 0 Å². The average molecular weight is 641 g/mol. The molecule has 4 aliphatic carbocycles. The van der Waals surface area contributed by atoms with Gasteiger partial charge in [0.25, 0.3) is 0 Å². The standard InChI is InChI=1S/C36H43F3N2O5/c1-33-17-14-26(42)20-24(33)6-13-29-30(33)15-18-34(2)31(29)16-19-35(34,44)22-41(32(43)40-25-7-11-27(45-3)12-8-25)21-23-4-9-28(10-5-23)46-36(37,38)39/h4-13,26,30-31,42,44H,14-22H2,1-3H3,(H,40,43)/t26-,30-,31-,33-,34-,35+/m0/s1. The Morgan fingerprint density at radius 1 is 0.957 bits per heavy atom.